The van der Waals surface area contributed by atoms with Crippen molar-refractivity contribution >= 4 is 17.6 Å². The van der Waals surface area contributed by atoms with Gasteiger partial charge in [0, 0.05) is 49.6 Å². The topological polar surface area (TPSA) is 44.8 Å². The maximum Gasteiger partial charge on any atom is 0.320 e. The monoisotopic (exact) mass is 371 g/mol. The number of piperidine rings is 1. The minimum absolute atomic E-state index is 0.174. The molecule has 0 unspecified atom stereocenters. The van der Waals surface area contributed by atoms with Crippen molar-refractivity contribution in [1.29, 1.82) is 0 Å². The first-order valence-corrected chi connectivity index (χ1v) is 9.50. The van der Waals surface area contributed by atoms with E-state index in [9.17, 15) is 4.79 Å². The van der Waals surface area contributed by atoms with Crippen molar-refractivity contribution in [3.63, 3.8) is 0 Å². The zero-order chi connectivity index (χ0) is 18.0. The molecule has 0 atom stereocenters. The van der Waals surface area contributed by atoms with Gasteiger partial charge in [-0.2, -0.15) is 0 Å². The lowest BCUT2D eigenvalue weighted by Crippen LogP contribution is -2.50. The Morgan fingerprint density at radius 2 is 1.85 bits per heavy atom. The number of urea groups is 1. The van der Waals surface area contributed by atoms with E-state index in [1.165, 1.54) is 0 Å². The van der Waals surface area contributed by atoms with E-state index < -0.39 is 0 Å². The van der Waals surface area contributed by atoms with Gasteiger partial charge < -0.3 is 9.80 Å². The second-order valence-corrected chi connectivity index (χ2v) is 7.49. The van der Waals surface area contributed by atoms with Crippen LogP contribution in [-0.4, -0.2) is 47.6 Å². The van der Waals surface area contributed by atoms with Crippen molar-refractivity contribution in [1.82, 2.24) is 15.3 Å². The second-order valence-electron chi connectivity index (χ2n) is 7.05. The van der Waals surface area contributed by atoms with Gasteiger partial charge in [-0.05, 0) is 43.0 Å². The summed E-state index contributed by atoms with van der Waals surface area (Å²) < 4.78 is 0. The molecule has 2 saturated heterocycles. The van der Waals surface area contributed by atoms with Crippen LogP contribution in [-0.2, 0) is 4.84 Å². The maximum atomic E-state index is 12.5. The van der Waals surface area contributed by atoms with Gasteiger partial charge in [0.2, 0.25) is 0 Å². The van der Waals surface area contributed by atoms with E-state index in [1.54, 1.807) is 0 Å². The summed E-state index contributed by atoms with van der Waals surface area (Å²) >= 11 is 5.98. The molecular weight excluding hydrogens is 350 g/mol. The first kappa shape index (κ1) is 17.3. The van der Waals surface area contributed by atoms with Crippen LogP contribution >= 0.6 is 11.6 Å². The molecule has 4 rings (SSSR count). The van der Waals surface area contributed by atoms with Gasteiger partial charge in [-0.1, -0.05) is 23.6 Å². The third-order valence-electron chi connectivity index (χ3n) is 5.19. The minimum Gasteiger partial charge on any atom is -0.325 e. The SMILES string of the molecule is O=C(N1CCCC1)N1CCC2(C=C(C#Cc3cccc(Cl)c3)NO2)CC1. The lowest BCUT2D eigenvalue weighted by atomic mass is 9.91. The summed E-state index contributed by atoms with van der Waals surface area (Å²) in [5, 5.41) is 0.674. The molecule has 2 amide bonds. The molecule has 2 fully saturated rings. The number of benzene rings is 1. The van der Waals surface area contributed by atoms with Gasteiger partial charge in [0.1, 0.15) is 11.3 Å². The molecule has 5 nitrogen and oxygen atoms in total. The highest BCUT2D eigenvalue weighted by atomic mass is 35.5. The molecule has 1 spiro atoms. The van der Waals surface area contributed by atoms with Crippen LogP contribution in [0.3, 0.4) is 0 Å². The number of nitrogens with one attached hydrogen (secondary N) is 1. The summed E-state index contributed by atoms with van der Waals surface area (Å²) in [6.45, 7) is 3.20. The molecule has 3 heterocycles. The Labute approximate surface area is 158 Å². The highest BCUT2D eigenvalue weighted by molar-refractivity contribution is 6.30. The van der Waals surface area contributed by atoms with E-state index in [1.807, 2.05) is 34.1 Å². The zero-order valence-electron chi connectivity index (χ0n) is 14.6. The Kier molecular flexibility index (Phi) is 4.80. The molecule has 0 aromatic heterocycles. The molecule has 0 saturated carbocycles. The zero-order valence-corrected chi connectivity index (χ0v) is 15.4. The van der Waals surface area contributed by atoms with E-state index >= 15 is 0 Å². The van der Waals surface area contributed by atoms with Gasteiger partial charge in [0.15, 0.2) is 0 Å². The van der Waals surface area contributed by atoms with Crippen LogP contribution in [0.15, 0.2) is 36.0 Å². The molecular formula is C20H22ClN3O2. The number of allylic oxidation sites excluding steroid dienone is 1. The number of halogens is 1. The molecule has 1 aromatic rings. The van der Waals surface area contributed by atoms with E-state index in [0.29, 0.717) is 18.1 Å². The smallest absolute Gasteiger partial charge is 0.320 e. The second kappa shape index (κ2) is 7.22. The molecule has 1 N–H and O–H groups in total. The van der Waals surface area contributed by atoms with Crippen molar-refractivity contribution in [2.24, 2.45) is 0 Å². The first-order valence-electron chi connectivity index (χ1n) is 9.12. The molecule has 0 radical (unpaired) electrons. The normalized spacial score (nSPS) is 21.2. The number of nitrogens with zero attached hydrogens (tertiary/aromatic N) is 2. The Bertz CT molecular complexity index is 782. The number of likely N-dealkylation sites (tertiary alicyclic amines) is 2. The predicted molar refractivity (Wildman–Crippen MR) is 100 cm³/mol. The summed E-state index contributed by atoms with van der Waals surface area (Å²) in [5.41, 5.74) is 4.22. The Morgan fingerprint density at radius 1 is 1.12 bits per heavy atom. The average Bonchev–Trinajstić information content (AvgIpc) is 3.31. The van der Waals surface area contributed by atoms with Gasteiger partial charge in [-0.3, -0.25) is 10.3 Å². The Balaban J connectivity index is 1.38. The Morgan fingerprint density at radius 3 is 2.58 bits per heavy atom. The van der Waals surface area contributed by atoms with Gasteiger partial charge >= 0.3 is 6.03 Å². The molecule has 136 valence electrons. The summed E-state index contributed by atoms with van der Waals surface area (Å²) in [4.78, 5) is 22.2. The average molecular weight is 372 g/mol. The van der Waals surface area contributed by atoms with Crippen LogP contribution in [0.5, 0.6) is 0 Å². The van der Waals surface area contributed by atoms with Crippen LogP contribution in [0.25, 0.3) is 0 Å². The number of hydrogen-bond acceptors (Lipinski definition) is 3. The fourth-order valence-corrected chi connectivity index (χ4v) is 3.87. The fourth-order valence-electron chi connectivity index (χ4n) is 3.68. The van der Waals surface area contributed by atoms with E-state index in [0.717, 1.165) is 50.0 Å². The van der Waals surface area contributed by atoms with Crippen molar-refractivity contribution in [2.75, 3.05) is 26.2 Å². The number of amides is 2. The van der Waals surface area contributed by atoms with E-state index in [4.69, 9.17) is 16.4 Å². The summed E-state index contributed by atoms with van der Waals surface area (Å²) in [7, 11) is 0. The van der Waals surface area contributed by atoms with Gasteiger partial charge in [-0.15, -0.1) is 0 Å². The minimum atomic E-state index is -0.361. The van der Waals surface area contributed by atoms with Crippen molar-refractivity contribution in [2.45, 2.75) is 31.3 Å². The van der Waals surface area contributed by atoms with Crippen LogP contribution in [0.1, 0.15) is 31.2 Å². The number of hydroxylamine groups is 1. The van der Waals surface area contributed by atoms with Crippen molar-refractivity contribution in [3.05, 3.63) is 46.6 Å². The van der Waals surface area contributed by atoms with Gasteiger partial charge in [0.25, 0.3) is 0 Å². The number of hydrogen-bond donors (Lipinski definition) is 1. The van der Waals surface area contributed by atoms with Crippen LogP contribution in [0, 0.1) is 11.8 Å². The highest BCUT2D eigenvalue weighted by Crippen LogP contribution is 2.32. The van der Waals surface area contributed by atoms with Gasteiger partial charge in [0.05, 0.1) is 0 Å². The highest BCUT2D eigenvalue weighted by Gasteiger charge is 2.40. The third-order valence-corrected chi connectivity index (χ3v) is 5.43. The summed E-state index contributed by atoms with van der Waals surface area (Å²) in [6.07, 6.45) is 5.86. The van der Waals surface area contributed by atoms with Crippen LogP contribution in [0.4, 0.5) is 4.79 Å². The lowest BCUT2D eigenvalue weighted by molar-refractivity contribution is -0.0686. The largest absolute Gasteiger partial charge is 0.325 e. The van der Waals surface area contributed by atoms with E-state index in [-0.39, 0.29) is 11.6 Å². The molecule has 0 bridgehead atoms. The molecule has 3 aliphatic rings. The standard InChI is InChI=1S/C20H22ClN3O2/c21-17-5-3-4-16(14-17)6-7-18-15-20(26-22-18)8-12-24(13-9-20)19(25)23-10-1-2-11-23/h3-5,14-15,22H,1-2,8-13H2. The van der Waals surface area contributed by atoms with Crippen molar-refractivity contribution in [3.8, 4) is 11.8 Å². The van der Waals surface area contributed by atoms with Gasteiger partial charge in [-0.25, -0.2) is 4.79 Å². The molecule has 6 heteroatoms. The van der Waals surface area contributed by atoms with E-state index in [2.05, 4.69) is 23.4 Å². The summed E-state index contributed by atoms with van der Waals surface area (Å²) in [5.74, 6) is 6.20. The van der Waals surface area contributed by atoms with Crippen LogP contribution < -0.4 is 5.48 Å². The fraction of sp³-hybridized carbons (Fsp3) is 0.450. The molecule has 1 aromatic carbocycles. The maximum absolute atomic E-state index is 12.5. The molecule has 26 heavy (non-hydrogen) atoms. The summed E-state index contributed by atoms with van der Waals surface area (Å²) in [6, 6.07) is 7.65. The number of carbonyl (C=O) groups is 1. The third kappa shape index (κ3) is 3.67. The number of rotatable bonds is 0. The predicted octanol–water partition coefficient (Wildman–Crippen LogP) is 3.16. The lowest BCUT2D eigenvalue weighted by Gasteiger charge is -2.38. The molecule has 0 aliphatic carbocycles. The first-order chi connectivity index (χ1) is 12.6. The Hall–Kier alpha value is -2.16. The number of carbonyl (C=O) groups excluding carboxylic acids is 1. The quantitative estimate of drug-likeness (QED) is 0.712. The molecule has 3 aliphatic heterocycles. The van der Waals surface area contributed by atoms with Crippen molar-refractivity contribution < 1.29 is 9.63 Å². The van der Waals surface area contributed by atoms with Crippen LogP contribution in [0.2, 0.25) is 5.02 Å².